The van der Waals surface area contributed by atoms with E-state index in [2.05, 4.69) is 44.3 Å². The van der Waals surface area contributed by atoms with Gasteiger partial charge < -0.3 is 10.1 Å². The molecule has 0 saturated carbocycles. The highest BCUT2D eigenvalue weighted by Crippen LogP contribution is 2.19. The molecule has 0 bridgehead atoms. The highest BCUT2D eigenvalue weighted by Gasteiger charge is 2.23. The van der Waals surface area contributed by atoms with E-state index in [1.54, 1.807) is 0 Å². The zero-order chi connectivity index (χ0) is 12.3. The maximum Gasteiger partial charge on any atom is 0.0588 e. The lowest BCUT2D eigenvalue weighted by atomic mass is 10.0. The Morgan fingerprint density at radius 3 is 2.53 bits per heavy atom. The lowest BCUT2D eigenvalue weighted by molar-refractivity contribution is 0.105. The van der Waals surface area contributed by atoms with Gasteiger partial charge in [-0.05, 0) is 38.7 Å². The van der Waals surface area contributed by atoms with Gasteiger partial charge in [-0.3, -0.25) is 0 Å². The fourth-order valence-corrected chi connectivity index (χ4v) is 2.62. The third kappa shape index (κ3) is 3.55. The number of hydrogen-bond acceptors (Lipinski definition) is 2. The molecule has 0 spiro atoms. The molecule has 0 radical (unpaired) electrons. The van der Waals surface area contributed by atoms with Crippen LogP contribution in [0.15, 0.2) is 18.2 Å². The van der Waals surface area contributed by atoms with Gasteiger partial charge >= 0.3 is 0 Å². The monoisotopic (exact) mass is 233 g/mol. The largest absolute Gasteiger partial charge is 0.378 e. The Morgan fingerprint density at radius 2 is 1.94 bits per heavy atom. The second kappa shape index (κ2) is 5.65. The summed E-state index contributed by atoms with van der Waals surface area (Å²) in [5.41, 5.74) is 4.08. The Hall–Kier alpha value is -0.860. The molecule has 2 nitrogen and oxygen atoms in total. The van der Waals surface area contributed by atoms with E-state index in [1.807, 2.05) is 0 Å². The van der Waals surface area contributed by atoms with Gasteiger partial charge in [0.2, 0.25) is 0 Å². The first kappa shape index (κ1) is 12.6. The number of hydrogen-bond donors (Lipinski definition) is 1. The molecule has 2 atom stereocenters. The second-order valence-corrected chi connectivity index (χ2v) is 5.25. The van der Waals surface area contributed by atoms with Gasteiger partial charge in [0, 0.05) is 19.7 Å². The van der Waals surface area contributed by atoms with E-state index in [9.17, 15) is 0 Å². The maximum absolute atomic E-state index is 5.57. The highest BCUT2D eigenvalue weighted by molar-refractivity contribution is 5.28. The summed E-state index contributed by atoms with van der Waals surface area (Å²) in [4.78, 5) is 0. The normalized spacial score (nSPS) is 24.2. The van der Waals surface area contributed by atoms with Crippen LogP contribution in [0.1, 0.15) is 30.0 Å². The zero-order valence-electron chi connectivity index (χ0n) is 11.1. The fraction of sp³-hybridized carbons (Fsp3) is 0.600. The van der Waals surface area contributed by atoms with Crippen LogP contribution in [0.25, 0.3) is 0 Å². The fourth-order valence-electron chi connectivity index (χ4n) is 2.62. The Kier molecular flexibility index (Phi) is 4.19. The van der Waals surface area contributed by atoms with Crippen molar-refractivity contribution in [2.75, 3.05) is 13.2 Å². The van der Waals surface area contributed by atoms with Gasteiger partial charge in [0.1, 0.15) is 0 Å². The van der Waals surface area contributed by atoms with Crippen molar-refractivity contribution in [1.82, 2.24) is 5.32 Å². The molecule has 0 amide bonds. The number of ether oxygens (including phenoxy) is 1. The minimum absolute atomic E-state index is 0.418. The summed E-state index contributed by atoms with van der Waals surface area (Å²) in [6.45, 7) is 9.44. The van der Waals surface area contributed by atoms with Crippen LogP contribution >= 0.6 is 0 Å². The molecule has 2 heteroatoms. The van der Waals surface area contributed by atoms with E-state index in [0.29, 0.717) is 12.0 Å². The van der Waals surface area contributed by atoms with E-state index in [-0.39, 0.29) is 0 Å². The Balaban J connectivity index is 1.81. The van der Waals surface area contributed by atoms with E-state index < -0.39 is 0 Å². The van der Waals surface area contributed by atoms with E-state index in [4.69, 9.17) is 4.74 Å². The average molecular weight is 233 g/mol. The third-order valence-electron chi connectivity index (χ3n) is 3.55. The smallest absolute Gasteiger partial charge is 0.0588 e. The second-order valence-electron chi connectivity index (χ2n) is 5.25. The predicted octanol–water partition coefficient (Wildman–Crippen LogP) is 2.82. The lowest BCUT2D eigenvalue weighted by Gasteiger charge is -2.15. The molecule has 0 aliphatic carbocycles. The highest BCUT2D eigenvalue weighted by atomic mass is 16.5. The third-order valence-corrected chi connectivity index (χ3v) is 3.55. The van der Waals surface area contributed by atoms with Crippen LogP contribution < -0.4 is 5.32 Å². The number of nitrogens with one attached hydrogen (secondary N) is 1. The molecule has 1 fully saturated rings. The van der Waals surface area contributed by atoms with Gasteiger partial charge in [-0.2, -0.15) is 0 Å². The van der Waals surface area contributed by atoms with Crippen LogP contribution in [0, 0.1) is 19.8 Å². The Morgan fingerprint density at radius 1 is 1.24 bits per heavy atom. The summed E-state index contributed by atoms with van der Waals surface area (Å²) < 4.78 is 5.57. The van der Waals surface area contributed by atoms with Crippen LogP contribution in [-0.4, -0.2) is 19.3 Å². The molecular weight excluding hydrogens is 210 g/mol. The van der Waals surface area contributed by atoms with Crippen molar-refractivity contribution in [1.29, 1.82) is 0 Å². The minimum Gasteiger partial charge on any atom is -0.378 e. The first-order valence-electron chi connectivity index (χ1n) is 6.54. The molecule has 1 heterocycles. The molecule has 94 valence electrons. The summed E-state index contributed by atoms with van der Waals surface area (Å²) in [6.07, 6.45) is 1.61. The van der Waals surface area contributed by atoms with Gasteiger partial charge in [-0.25, -0.2) is 0 Å². The van der Waals surface area contributed by atoms with Crippen LogP contribution in [-0.2, 0) is 11.3 Å². The predicted molar refractivity (Wildman–Crippen MR) is 71.1 cm³/mol. The molecule has 0 aromatic heterocycles. The van der Waals surface area contributed by atoms with Gasteiger partial charge in [0.15, 0.2) is 0 Å². The summed E-state index contributed by atoms with van der Waals surface area (Å²) in [5, 5.41) is 3.55. The Labute approximate surface area is 104 Å². The number of aryl methyl sites for hydroxylation is 2. The van der Waals surface area contributed by atoms with Crippen molar-refractivity contribution < 1.29 is 4.74 Å². The van der Waals surface area contributed by atoms with Crippen molar-refractivity contribution >= 4 is 0 Å². The zero-order valence-corrected chi connectivity index (χ0v) is 11.1. The van der Waals surface area contributed by atoms with Crippen molar-refractivity contribution in [3.8, 4) is 0 Å². The molecule has 1 N–H and O–H groups in total. The minimum atomic E-state index is 0.418. The van der Waals surface area contributed by atoms with Gasteiger partial charge in [-0.1, -0.05) is 29.3 Å². The van der Waals surface area contributed by atoms with Gasteiger partial charge in [-0.15, -0.1) is 0 Å². The van der Waals surface area contributed by atoms with Crippen LogP contribution in [0.4, 0.5) is 0 Å². The SMILES string of the molecule is Cc1cc(C)cc(CNCC2CCOC2C)c1. The first-order chi connectivity index (χ1) is 8.15. The molecule has 2 rings (SSSR count). The molecule has 1 saturated heterocycles. The quantitative estimate of drug-likeness (QED) is 0.863. The molecule has 1 aromatic rings. The molecule has 17 heavy (non-hydrogen) atoms. The molecule has 2 unspecified atom stereocenters. The summed E-state index contributed by atoms with van der Waals surface area (Å²) in [5.74, 6) is 0.681. The van der Waals surface area contributed by atoms with E-state index in [1.165, 1.54) is 23.1 Å². The van der Waals surface area contributed by atoms with Crippen molar-refractivity contribution in [3.05, 3.63) is 34.9 Å². The first-order valence-corrected chi connectivity index (χ1v) is 6.54. The molecule has 1 aromatic carbocycles. The van der Waals surface area contributed by atoms with Crippen molar-refractivity contribution in [2.45, 2.75) is 39.8 Å². The lowest BCUT2D eigenvalue weighted by Crippen LogP contribution is -2.26. The van der Waals surface area contributed by atoms with Crippen molar-refractivity contribution in [2.24, 2.45) is 5.92 Å². The van der Waals surface area contributed by atoms with Crippen LogP contribution in [0.2, 0.25) is 0 Å². The summed E-state index contributed by atoms with van der Waals surface area (Å²) >= 11 is 0. The average Bonchev–Trinajstić information content (AvgIpc) is 2.63. The van der Waals surface area contributed by atoms with Crippen molar-refractivity contribution in [3.63, 3.8) is 0 Å². The molecule has 1 aliphatic heterocycles. The molecule has 1 aliphatic rings. The van der Waals surface area contributed by atoms with Gasteiger partial charge in [0.25, 0.3) is 0 Å². The summed E-state index contributed by atoms with van der Waals surface area (Å²) in [6, 6.07) is 6.74. The molecular formula is C15H23NO. The number of benzene rings is 1. The van der Waals surface area contributed by atoms with Crippen LogP contribution in [0.5, 0.6) is 0 Å². The summed E-state index contributed by atoms with van der Waals surface area (Å²) in [7, 11) is 0. The van der Waals surface area contributed by atoms with E-state index in [0.717, 1.165) is 19.7 Å². The maximum atomic E-state index is 5.57. The number of rotatable bonds is 4. The topological polar surface area (TPSA) is 21.3 Å². The van der Waals surface area contributed by atoms with Crippen LogP contribution in [0.3, 0.4) is 0 Å². The van der Waals surface area contributed by atoms with Gasteiger partial charge in [0.05, 0.1) is 6.10 Å². The standard InChI is InChI=1S/C15H23NO/c1-11-6-12(2)8-14(7-11)9-16-10-15-4-5-17-13(15)3/h6-8,13,15-16H,4-5,9-10H2,1-3H3. The Bertz CT molecular complexity index is 355. The van der Waals surface area contributed by atoms with E-state index >= 15 is 0 Å².